The van der Waals surface area contributed by atoms with Gasteiger partial charge in [0, 0.05) is 25.6 Å². The Morgan fingerprint density at radius 3 is 2.40 bits per heavy atom. The number of hydrogen-bond acceptors (Lipinski definition) is 3. The second-order valence-electron chi connectivity index (χ2n) is 4.45. The van der Waals surface area contributed by atoms with Crippen LogP contribution in [-0.2, 0) is 9.59 Å². The van der Waals surface area contributed by atoms with Gasteiger partial charge >= 0.3 is 5.97 Å². The van der Waals surface area contributed by atoms with E-state index in [1.54, 1.807) is 4.90 Å². The third-order valence-corrected chi connectivity index (χ3v) is 2.85. The van der Waals surface area contributed by atoms with Crippen LogP contribution in [0.1, 0.15) is 20.3 Å². The maximum absolute atomic E-state index is 11.6. The number of nitrogens with zero attached hydrogens (tertiary/aromatic N) is 1. The molecule has 1 heterocycles. The van der Waals surface area contributed by atoms with E-state index in [2.05, 4.69) is 0 Å². The highest BCUT2D eigenvalue weighted by Crippen LogP contribution is 2.17. The highest BCUT2D eigenvalue weighted by molar-refractivity contribution is 5.81. The minimum Gasteiger partial charge on any atom is -0.481 e. The molecule has 3 N–H and O–H groups in total. The molecule has 5 heteroatoms. The number of hydrogen-bond donors (Lipinski definition) is 2. The maximum atomic E-state index is 11.6. The van der Waals surface area contributed by atoms with Crippen molar-refractivity contribution < 1.29 is 14.7 Å². The van der Waals surface area contributed by atoms with Gasteiger partial charge in [0.05, 0.1) is 5.92 Å². The van der Waals surface area contributed by atoms with Crippen molar-refractivity contribution in [1.82, 2.24) is 4.90 Å². The molecule has 1 amide bonds. The number of rotatable bonds is 4. The Balaban J connectivity index is 2.29. The number of nitrogens with two attached hydrogens (primary N) is 1. The van der Waals surface area contributed by atoms with Gasteiger partial charge in [0.15, 0.2) is 0 Å². The third kappa shape index (κ3) is 2.92. The Morgan fingerprint density at radius 2 is 2.00 bits per heavy atom. The molecule has 0 aromatic rings. The Hall–Kier alpha value is -1.10. The lowest BCUT2D eigenvalue weighted by Gasteiger charge is -2.37. The zero-order valence-electron chi connectivity index (χ0n) is 9.14. The van der Waals surface area contributed by atoms with Crippen LogP contribution in [0.25, 0.3) is 0 Å². The number of aliphatic carboxylic acids is 1. The quantitative estimate of drug-likeness (QED) is 0.684. The summed E-state index contributed by atoms with van der Waals surface area (Å²) in [6.45, 7) is 4.60. The molecule has 15 heavy (non-hydrogen) atoms. The van der Waals surface area contributed by atoms with Crippen molar-refractivity contribution in [3.8, 4) is 0 Å². The van der Waals surface area contributed by atoms with E-state index in [4.69, 9.17) is 10.8 Å². The van der Waals surface area contributed by atoms with Gasteiger partial charge in [0.25, 0.3) is 0 Å². The first-order chi connectivity index (χ1) is 6.91. The SMILES string of the molecule is CC(C)C(N)CC(=O)N1CC(C(=O)O)C1. The summed E-state index contributed by atoms with van der Waals surface area (Å²) in [6, 6.07) is -0.138. The number of amides is 1. The maximum Gasteiger partial charge on any atom is 0.310 e. The zero-order chi connectivity index (χ0) is 11.6. The van der Waals surface area contributed by atoms with Gasteiger partial charge in [-0.05, 0) is 5.92 Å². The molecule has 0 bridgehead atoms. The molecular weight excluding hydrogens is 196 g/mol. The highest BCUT2D eigenvalue weighted by Gasteiger charge is 2.35. The van der Waals surface area contributed by atoms with Crippen LogP contribution < -0.4 is 5.73 Å². The van der Waals surface area contributed by atoms with E-state index in [1.165, 1.54) is 0 Å². The second-order valence-corrected chi connectivity index (χ2v) is 4.45. The van der Waals surface area contributed by atoms with Crippen LogP contribution in [0.2, 0.25) is 0 Å². The van der Waals surface area contributed by atoms with Gasteiger partial charge in [-0.3, -0.25) is 9.59 Å². The minimum absolute atomic E-state index is 0.0336. The first kappa shape index (κ1) is 12.0. The number of carbonyl (C=O) groups is 2. The van der Waals surface area contributed by atoms with Crippen LogP contribution in [0.5, 0.6) is 0 Å². The molecule has 1 aliphatic heterocycles. The van der Waals surface area contributed by atoms with Gasteiger partial charge < -0.3 is 15.7 Å². The Kier molecular flexibility index (Phi) is 3.68. The highest BCUT2D eigenvalue weighted by atomic mass is 16.4. The average Bonchev–Trinajstić information content (AvgIpc) is 1.99. The van der Waals surface area contributed by atoms with Gasteiger partial charge in [-0.25, -0.2) is 0 Å². The molecule has 0 aromatic carbocycles. The van der Waals surface area contributed by atoms with E-state index in [1.807, 2.05) is 13.8 Å². The minimum atomic E-state index is -0.827. The van der Waals surface area contributed by atoms with Crippen LogP contribution >= 0.6 is 0 Å². The van der Waals surface area contributed by atoms with Crippen LogP contribution in [0.4, 0.5) is 0 Å². The van der Waals surface area contributed by atoms with Crippen LogP contribution in [0, 0.1) is 11.8 Å². The van der Waals surface area contributed by atoms with Crippen molar-refractivity contribution in [1.29, 1.82) is 0 Å². The van der Waals surface area contributed by atoms with E-state index >= 15 is 0 Å². The van der Waals surface area contributed by atoms with E-state index < -0.39 is 5.97 Å². The fourth-order valence-electron chi connectivity index (χ4n) is 1.40. The number of carbonyl (C=O) groups excluding carboxylic acids is 1. The van der Waals surface area contributed by atoms with Crippen molar-refractivity contribution in [3.63, 3.8) is 0 Å². The fraction of sp³-hybridized carbons (Fsp3) is 0.800. The lowest BCUT2D eigenvalue weighted by atomic mass is 9.97. The number of carboxylic acids is 1. The van der Waals surface area contributed by atoms with Crippen molar-refractivity contribution in [2.24, 2.45) is 17.6 Å². The van der Waals surface area contributed by atoms with Crippen LogP contribution in [0.3, 0.4) is 0 Å². The Bertz CT molecular complexity index is 259. The first-order valence-electron chi connectivity index (χ1n) is 5.18. The van der Waals surface area contributed by atoms with Crippen molar-refractivity contribution in [2.45, 2.75) is 26.3 Å². The normalized spacial score (nSPS) is 18.8. The molecule has 86 valence electrons. The topological polar surface area (TPSA) is 83.6 Å². The smallest absolute Gasteiger partial charge is 0.310 e. The largest absolute Gasteiger partial charge is 0.481 e. The van der Waals surface area contributed by atoms with Crippen molar-refractivity contribution in [2.75, 3.05) is 13.1 Å². The standard InChI is InChI=1S/C10H18N2O3/c1-6(2)8(11)3-9(13)12-4-7(5-12)10(14)15/h6-8H,3-5,11H2,1-2H3,(H,14,15). The molecule has 1 unspecified atom stereocenters. The summed E-state index contributed by atoms with van der Waals surface area (Å²) in [7, 11) is 0. The first-order valence-corrected chi connectivity index (χ1v) is 5.18. The number of likely N-dealkylation sites (tertiary alicyclic amines) is 1. The zero-order valence-corrected chi connectivity index (χ0v) is 9.14. The molecule has 1 rings (SSSR count). The summed E-state index contributed by atoms with van der Waals surface area (Å²) in [6.07, 6.45) is 0.310. The summed E-state index contributed by atoms with van der Waals surface area (Å²) in [5.74, 6) is -0.976. The lowest BCUT2D eigenvalue weighted by molar-refractivity contribution is -0.152. The van der Waals surface area contributed by atoms with Gasteiger partial charge in [-0.2, -0.15) is 0 Å². The molecule has 5 nitrogen and oxygen atoms in total. The molecule has 1 saturated heterocycles. The number of carboxylic acid groups (broad SMARTS) is 1. The molecule has 0 saturated carbocycles. The van der Waals surface area contributed by atoms with Gasteiger partial charge in [-0.1, -0.05) is 13.8 Å². The third-order valence-electron chi connectivity index (χ3n) is 2.85. The molecule has 0 aliphatic carbocycles. The molecular formula is C10H18N2O3. The predicted octanol–water partition coefficient (Wildman–Crippen LogP) is -0.0972. The summed E-state index contributed by atoms with van der Waals surface area (Å²) in [4.78, 5) is 23.6. The van der Waals surface area contributed by atoms with E-state index in [0.29, 0.717) is 19.5 Å². The molecule has 1 aliphatic rings. The summed E-state index contributed by atoms with van der Waals surface area (Å²) in [5, 5.41) is 8.64. The van der Waals surface area contributed by atoms with Crippen LogP contribution in [0.15, 0.2) is 0 Å². The summed E-state index contributed by atoms with van der Waals surface area (Å²) in [5.41, 5.74) is 5.76. The molecule has 1 fully saturated rings. The molecule has 0 spiro atoms. The van der Waals surface area contributed by atoms with Crippen LogP contribution in [-0.4, -0.2) is 41.0 Å². The fourth-order valence-corrected chi connectivity index (χ4v) is 1.40. The monoisotopic (exact) mass is 214 g/mol. The Labute approximate surface area is 89.2 Å². The summed E-state index contributed by atoms with van der Waals surface area (Å²) >= 11 is 0. The van der Waals surface area contributed by atoms with E-state index in [0.717, 1.165) is 0 Å². The molecule has 0 radical (unpaired) electrons. The van der Waals surface area contributed by atoms with Gasteiger partial charge in [0.2, 0.25) is 5.91 Å². The van der Waals surface area contributed by atoms with Gasteiger partial charge in [-0.15, -0.1) is 0 Å². The lowest BCUT2D eigenvalue weighted by Crippen LogP contribution is -2.54. The average molecular weight is 214 g/mol. The second kappa shape index (κ2) is 4.61. The van der Waals surface area contributed by atoms with E-state index in [-0.39, 0.29) is 23.8 Å². The predicted molar refractivity (Wildman–Crippen MR) is 55.1 cm³/mol. The van der Waals surface area contributed by atoms with Crippen molar-refractivity contribution >= 4 is 11.9 Å². The molecule has 1 atom stereocenters. The Morgan fingerprint density at radius 1 is 1.47 bits per heavy atom. The van der Waals surface area contributed by atoms with E-state index in [9.17, 15) is 9.59 Å². The molecule has 0 aromatic heterocycles. The van der Waals surface area contributed by atoms with Crippen molar-refractivity contribution in [3.05, 3.63) is 0 Å². The van der Waals surface area contributed by atoms with Gasteiger partial charge in [0.1, 0.15) is 0 Å². The summed E-state index contributed by atoms with van der Waals surface area (Å²) < 4.78 is 0.